The Morgan fingerprint density at radius 2 is 1.94 bits per heavy atom. The van der Waals surface area contributed by atoms with Gasteiger partial charge in [0.25, 0.3) is 5.91 Å². The van der Waals surface area contributed by atoms with E-state index in [9.17, 15) is 4.79 Å². The molecule has 0 unspecified atom stereocenters. The number of carbonyl (C=O) groups excluding carboxylic acids is 1. The zero-order valence-electron chi connectivity index (χ0n) is 17.6. The third-order valence-corrected chi connectivity index (χ3v) is 4.95. The van der Waals surface area contributed by atoms with Crippen molar-refractivity contribution < 1.29 is 9.53 Å². The Morgan fingerprint density at radius 1 is 1.16 bits per heavy atom. The predicted octanol–water partition coefficient (Wildman–Crippen LogP) is 2.76. The maximum absolute atomic E-state index is 12.5. The molecule has 9 heteroatoms. The molecule has 0 atom stereocenters. The highest BCUT2D eigenvalue weighted by Gasteiger charge is 2.17. The number of aryl methyl sites for hydroxylation is 1. The minimum absolute atomic E-state index is 0.218. The number of amides is 1. The first-order valence-corrected chi connectivity index (χ1v) is 10.3. The first-order valence-electron chi connectivity index (χ1n) is 10.3. The number of anilines is 3. The van der Waals surface area contributed by atoms with Crippen LogP contribution in [-0.2, 0) is 4.74 Å². The molecule has 4 heterocycles. The van der Waals surface area contributed by atoms with Gasteiger partial charge >= 0.3 is 0 Å². The fourth-order valence-corrected chi connectivity index (χ4v) is 3.33. The number of nitrogens with one attached hydrogen (secondary N) is 2. The van der Waals surface area contributed by atoms with Gasteiger partial charge in [-0.1, -0.05) is 0 Å². The highest BCUT2D eigenvalue weighted by molar-refractivity contribution is 6.04. The minimum atomic E-state index is -0.218. The van der Waals surface area contributed by atoms with Crippen molar-refractivity contribution in [3.8, 4) is 11.3 Å². The molecule has 2 N–H and O–H groups in total. The van der Waals surface area contributed by atoms with E-state index < -0.39 is 0 Å². The normalized spacial score (nSPS) is 13.7. The summed E-state index contributed by atoms with van der Waals surface area (Å²) in [6, 6.07) is 7.19. The van der Waals surface area contributed by atoms with Crippen LogP contribution in [0.15, 0.2) is 42.9 Å². The minimum Gasteiger partial charge on any atom is -0.378 e. The van der Waals surface area contributed by atoms with Gasteiger partial charge in [-0.25, -0.2) is 4.98 Å². The first kappa shape index (κ1) is 20.7. The van der Waals surface area contributed by atoms with E-state index in [-0.39, 0.29) is 5.91 Å². The van der Waals surface area contributed by atoms with E-state index in [0.717, 1.165) is 35.9 Å². The Bertz CT molecular complexity index is 1050. The second-order valence-electron chi connectivity index (χ2n) is 7.11. The van der Waals surface area contributed by atoms with E-state index in [0.29, 0.717) is 37.0 Å². The van der Waals surface area contributed by atoms with Gasteiger partial charge < -0.3 is 20.3 Å². The number of ether oxygens (including phenoxy) is 1. The van der Waals surface area contributed by atoms with Crippen LogP contribution < -0.4 is 15.5 Å². The highest BCUT2D eigenvalue weighted by atomic mass is 16.5. The van der Waals surface area contributed by atoms with E-state index >= 15 is 0 Å². The molecule has 0 bridgehead atoms. The predicted molar refractivity (Wildman–Crippen MR) is 119 cm³/mol. The summed E-state index contributed by atoms with van der Waals surface area (Å²) in [6.45, 7) is 7.55. The number of pyridine rings is 2. The van der Waals surface area contributed by atoms with Gasteiger partial charge in [0.2, 0.25) is 5.95 Å². The smallest absolute Gasteiger partial charge is 0.255 e. The Balaban J connectivity index is 1.67. The molecular weight excluding hydrogens is 394 g/mol. The van der Waals surface area contributed by atoms with Crippen LogP contribution >= 0.6 is 0 Å². The van der Waals surface area contributed by atoms with Gasteiger partial charge in [-0.3, -0.25) is 14.8 Å². The van der Waals surface area contributed by atoms with Gasteiger partial charge in [-0.2, -0.15) is 4.98 Å². The Hall–Kier alpha value is -3.59. The lowest BCUT2D eigenvalue weighted by Gasteiger charge is -2.28. The fourth-order valence-electron chi connectivity index (χ4n) is 3.33. The first-order chi connectivity index (χ1) is 15.1. The molecule has 9 nitrogen and oxygen atoms in total. The van der Waals surface area contributed by atoms with Gasteiger partial charge in [-0.05, 0) is 32.0 Å². The molecule has 160 valence electrons. The Kier molecular flexibility index (Phi) is 6.32. The average Bonchev–Trinajstić information content (AvgIpc) is 2.81. The molecule has 4 rings (SSSR count). The number of hydrogen-bond acceptors (Lipinski definition) is 8. The van der Waals surface area contributed by atoms with E-state index in [1.807, 2.05) is 26.0 Å². The summed E-state index contributed by atoms with van der Waals surface area (Å²) in [4.78, 5) is 32.5. The molecule has 0 spiro atoms. The van der Waals surface area contributed by atoms with E-state index in [1.165, 1.54) is 0 Å². The number of carbonyl (C=O) groups is 1. The van der Waals surface area contributed by atoms with Crippen LogP contribution in [0.1, 0.15) is 23.0 Å². The van der Waals surface area contributed by atoms with Gasteiger partial charge in [0.05, 0.1) is 30.8 Å². The summed E-state index contributed by atoms with van der Waals surface area (Å²) in [7, 11) is 0. The van der Waals surface area contributed by atoms with E-state index in [1.54, 1.807) is 30.7 Å². The van der Waals surface area contributed by atoms with Gasteiger partial charge in [0.15, 0.2) is 0 Å². The van der Waals surface area contributed by atoms with Crippen molar-refractivity contribution in [2.45, 2.75) is 13.8 Å². The number of hydrogen-bond donors (Lipinski definition) is 2. The van der Waals surface area contributed by atoms with Gasteiger partial charge in [0.1, 0.15) is 5.82 Å². The van der Waals surface area contributed by atoms with Crippen molar-refractivity contribution in [1.82, 2.24) is 19.9 Å². The van der Waals surface area contributed by atoms with E-state index in [2.05, 4.69) is 35.5 Å². The summed E-state index contributed by atoms with van der Waals surface area (Å²) in [5, 5.41) is 6.11. The second-order valence-corrected chi connectivity index (χ2v) is 7.11. The molecule has 1 amide bonds. The lowest BCUT2D eigenvalue weighted by atomic mass is 10.1. The standard InChI is InChI=1S/C22H25N7O2/c1-3-24-22-27-19(13-20(28-22)29-8-10-31-11-9-29)18-12-17(14-25-15(18)2)26-21(30)16-4-6-23-7-5-16/h4-7,12-14H,3,8-11H2,1-2H3,(H,26,30)(H,24,27,28). The number of aromatic nitrogens is 4. The zero-order valence-corrected chi connectivity index (χ0v) is 17.6. The molecule has 0 aromatic carbocycles. The molecule has 0 radical (unpaired) electrons. The summed E-state index contributed by atoms with van der Waals surface area (Å²) in [6.07, 6.45) is 4.82. The summed E-state index contributed by atoms with van der Waals surface area (Å²) in [5.41, 5.74) is 3.53. The molecule has 1 aliphatic rings. The summed E-state index contributed by atoms with van der Waals surface area (Å²) >= 11 is 0. The number of rotatable bonds is 6. The van der Waals surface area contributed by atoms with Crippen LogP contribution in [0.25, 0.3) is 11.3 Å². The van der Waals surface area contributed by atoms with E-state index in [4.69, 9.17) is 4.74 Å². The van der Waals surface area contributed by atoms with Crippen LogP contribution in [0.3, 0.4) is 0 Å². The second kappa shape index (κ2) is 9.48. The third kappa shape index (κ3) is 4.95. The monoisotopic (exact) mass is 419 g/mol. The van der Waals surface area contributed by atoms with Crippen LogP contribution in [0.2, 0.25) is 0 Å². The number of morpholine rings is 1. The molecule has 1 aliphatic heterocycles. The molecule has 0 aliphatic carbocycles. The summed E-state index contributed by atoms with van der Waals surface area (Å²) < 4.78 is 5.47. The zero-order chi connectivity index (χ0) is 21.6. The Morgan fingerprint density at radius 3 is 2.68 bits per heavy atom. The SMILES string of the molecule is CCNc1nc(-c2cc(NC(=O)c3ccncc3)cnc2C)cc(N2CCOCC2)n1. The van der Waals surface area contributed by atoms with Crippen LogP contribution in [0, 0.1) is 6.92 Å². The molecule has 0 saturated carbocycles. The van der Waals surface area contributed by atoms with Gasteiger partial charge in [-0.15, -0.1) is 0 Å². The van der Waals surface area contributed by atoms with Crippen molar-refractivity contribution in [3.63, 3.8) is 0 Å². The summed E-state index contributed by atoms with van der Waals surface area (Å²) in [5.74, 6) is 1.19. The lowest BCUT2D eigenvalue weighted by Crippen LogP contribution is -2.37. The molecular formula is C22H25N7O2. The number of nitrogens with zero attached hydrogens (tertiary/aromatic N) is 5. The molecule has 3 aromatic heterocycles. The lowest BCUT2D eigenvalue weighted by molar-refractivity contribution is 0.102. The van der Waals surface area contributed by atoms with Gasteiger partial charge in [0, 0.05) is 54.9 Å². The van der Waals surface area contributed by atoms with Crippen LogP contribution in [0.4, 0.5) is 17.5 Å². The molecule has 3 aromatic rings. The fraction of sp³-hybridized carbons (Fsp3) is 0.318. The highest BCUT2D eigenvalue weighted by Crippen LogP contribution is 2.28. The maximum Gasteiger partial charge on any atom is 0.255 e. The third-order valence-electron chi connectivity index (χ3n) is 4.95. The van der Waals surface area contributed by atoms with Crippen molar-refractivity contribution in [3.05, 3.63) is 54.1 Å². The largest absolute Gasteiger partial charge is 0.378 e. The molecule has 1 fully saturated rings. The van der Waals surface area contributed by atoms with Crippen molar-refractivity contribution in [1.29, 1.82) is 0 Å². The van der Waals surface area contributed by atoms with Crippen LogP contribution in [0.5, 0.6) is 0 Å². The molecule has 31 heavy (non-hydrogen) atoms. The quantitative estimate of drug-likeness (QED) is 0.628. The van der Waals surface area contributed by atoms with Crippen LogP contribution in [-0.4, -0.2) is 58.7 Å². The van der Waals surface area contributed by atoms with Crippen molar-refractivity contribution >= 4 is 23.4 Å². The topological polar surface area (TPSA) is 105 Å². The van der Waals surface area contributed by atoms with Crippen molar-refractivity contribution in [2.24, 2.45) is 0 Å². The Labute approximate surface area is 180 Å². The molecule has 1 saturated heterocycles. The van der Waals surface area contributed by atoms with Crippen molar-refractivity contribution in [2.75, 3.05) is 48.4 Å². The average molecular weight is 419 g/mol. The maximum atomic E-state index is 12.5.